The van der Waals surface area contributed by atoms with Gasteiger partial charge in [-0.1, -0.05) is 12.1 Å². The van der Waals surface area contributed by atoms with Gasteiger partial charge in [-0.2, -0.15) is 0 Å². The highest BCUT2D eigenvalue weighted by Crippen LogP contribution is 2.27. The second kappa shape index (κ2) is 7.31. The largest absolute Gasteiger partial charge is 0.496 e. The fourth-order valence-corrected chi connectivity index (χ4v) is 2.13. The van der Waals surface area contributed by atoms with Crippen LogP contribution in [-0.2, 0) is 4.79 Å². The number of nitrogens with one attached hydrogen (secondary N) is 1. The predicted molar refractivity (Wildman–Crippen MR) is 88.0 cm³/mol. The Labute approximate surface area is 134 Å². The number of amides is 1. The number of Topliss-reactive ketones (excluding diaryl/α,β-unsaturated/α-hetero) is 1. The van der Waals surface area contributed by atoms with E-state index in [-0.39, 0.29) is 12.2 Å². The van der Waals surface area contributed by atoms with Crippen LogP contribution in [-0.4, -0.2) is 25.9 Å². The van der Waals surface area contributed by atoms with Crippen molar-refractivity contribution in [3.63, 3.8) is 0 Å². The second-order valence-electron chi connectivity index (χ2n) is 4.81. The summed E-state index contributed by atoms with van der Waals surface area (Å²) in [5, 5.41) is 2.63. The molecular weight excluding hydrogens is 296 g/mol. The van der Waals surface area contributed by atoms with E-state index in [4.69, 9.17) is 15.2 Å². The SMILES string of the molecule is COc1ccc(N)cc1NC(=O)CC(=O)c1ccccc1OC. The van der Waals surface area contributed by atoms with Crippen LogP contribution in [0.2, 0.25) is 0 Å². The van der Waals surface area contributed by atoms with Crippen LogP contribution in [0.1, 0.15) is 16.8 Å². The van der Waals surface area contributed by atoms with Crippen molar-refractivity contribution in [3.05, 3.63) is 48.0 Å². The molecule has 2 rings (SSSR count). The molecule has 23 heavy (non-hydrogen) atoms. The summed E-state index contributed by atoms with van der Waals surface area (Å²) in [6.45, 7) is 0. The van der Waals surface area contributed by atoms with E-state index in [1.54, 1.807) is 42.5 Å². The van der Waals surface area contributed by atoms with E-state index in [1.807, 2.05) is 0 Å². The van der Waals surface area contributed by atoms with Crippen molar-refractivity contribution in [2.45, 2.75) is 6.42 Å². The highest BCUT2D eigenvalue weighted by molar-refractivity contribution is 6.12. The molecule has 0 aliphatic heterocycles. The topological polar surface area (TPSA) is 90.6 Å². The van der Waals surface area contributed by atoms with Crippen LogP contribution in [0.15, 0.2) is 42.5 Å². The lowest BCUT2D eigenvalue weighted by Crippen LogP contribution is -2.17. The molecule has 0 spiro atoms. The van der Waals surface area contributed by atoms with E-state index >= 15 is 0 Å². The first-order chi connectivity index (χ1) is 11.0. The van der Waals surface area contributed by atoms with E-state index in [2.05, 4.69) is 5.32 Å². The van der Waals surface area contributed by atoms with E-state index in [0.29, 0.717) is 28.4 Å². The Morgan fingerprint density at radius 2 is 1.74 bits per heavy atom. The zero-order valence-electron chi connectivity index (χ0n) is 13.0. The molecule has 0 aromatic heterocycles. The van der Waals surface area contributed by atoms with Crippen molar-refractivity contribution in [1.29, 1.82) is 0 Å². The highest BCUT2D eigenvalue weighted by Gasteiger charge is 2.17. The van der Waals surface area contributed by atoms with Gasteiger partial charge < -0.3 is 20.5 Å². The van der Waals surface area contributed by atoms with Gasteiger partial charge in [-0.15, -0.1) is 0 Å². The van der Waals surface area contributed by atoms with Crippen LogP contribution in [0.4, 0.5) is 11.4 Å². The normalized spacial score (nSPS) is 10.0. The number of anilines is 2. The smallest absolute Gasteiger partial charge is 0.232 e. The number of ether oxygens (including phenoxy) is 2. The molecule has 0 aliphatic carbocycles. The minimum Gasteiger partial charge on any atom is -0.496 e. The van der Waals surface area contributed by atoms with E-state index < -0.39 is 5.91 Å². The average molecular weight is 314 g/mol. The number of carbonyl (C=O) groups excluding carboxylic acids is 2. The fraction of sp³-hybridized carbons (Fsp3) is 0.176. The summed E-state index contributed by atoms with van der Waals surface area (Å²) in [5.74, 6) is 0.122. The molecule has 6 nitrogen and oxygen atoms in total. The molecule has 0 unspecified atom stereocenters. The van der Waals surface area contributed by atoms with E-state index in [1.165, 1.54) is 14.2 Å². The first kappa shape index (κ1) is 16.4. The molecule has 0 bridgehead atoms. The van der Waals surface area contributed by atoms with Crippen molar-refractivity contribution in [2.24, 2.45) is 0 Å². The van der Waals surface area contributed by atoms with Gasteiger partial charge in [0.2, 0.25) is 5.91 Å². The van der Waals surface area contributed by atoms with Gasteiger partial charge in [0.15, 0.2) is 5.78 Å². The monoisotopic (exact) mass is 314 g/mol. The lowest BCUT2D eigenvalue weighted by Gasteiger charge is -2.11. The Kier molecular flexibility index (Phi) is 5.19. The Hall–Kier alpha value is -3.02. The van der Waals surface area contributed by atoms with Crippen molar-refractivity contribution in [1.82, 2.24) is 0 Å². The maximum atomic E-state index is 12.2. The van der Waals surface area contributed by atoms with Gasteiger partial charge in [-0.3, -0.25) is 9.59 Å². The molecule has 6 heteroatoms. The maximum absolute atomic E-state index is 12.2. The molecular formula is C17H18N2O4. The number of nitrogen functional groups attached to an aromatic ring is 1. The van der Waals surface area contributed by atoms with Crippen LogP contribution < -0.4 is 20.5 Å². The molecule has 0 radical (unpaired) electrons. The Morgan fingerprint density at radius 1 is 1.04 bits per heavy atom. The quantitative estimate of drug-likeness (QED) is 0.485. The van der Waals surface area contributed by atoms with Gasteiger partial charge in [-0.05, 0) is 30.3 Å². The van der Waals surface area contributed by atoms with Gasteiger partial charge in [0.25, 0.3) is 0 Å². The first-order valence-electron chi connectivity index (χ1n) is 6.94. The molecule has 0 saturated carbocycles. The summed E-state index contributed by atoms with van der Waals surface area (Å²) in [7, 11) is 2.96. The number of ketones is 1. The zero-order chi connectivity index (χ0) is 16.8. The molecule has 0 heterocycles. The summed E-state index contributed by atoms with van der Waals surface area (Å²) in [6, 6.07) is 11.6. The second-order valence-corrected chi connectivity index (χ2v) is 4.81. The predicted octanol–water partition coefficient (Wildman–Crippen LogP) is 2.50. The molecule has 0 atom stereocenters. The molecule has 1 amide bonds. The van der Waals surface area contributed by atoms with Crippen LogP contribution in [0.5, 0.6) is 11.5 Å². The Balaban J connectivity index is 2.11. The van der Waals surface area contributed by atoms with Crippen molar-refractivity contribution >= 4 is 23.1 Å². The van der Waals surface area contributed by atoms with Crippen molar-refractivity contribution < 1.29 is 19.1 Å². The molecule has 0 saturated heterocycles. The van der Waals surface area contributed by atoms with Crippen LogP contribution in [0, 0.1) is 0 Å². The van der Waals surface area contributed by atoms with Gasteiger partial charge in [0, 0.05) is 5.69 Å². The fourth-order valence-electron chi connectivity index (χ4n) is 2.13. The summed E-state index contributed by atoms with van der Waals surface area (Å²) >= 11 is 0. The minimum atomic E-state index is -0.454. The third-order valence-electron chi connectivity index (χ3n) is 3.23. The molecule has 120 valence electrons. The molecule has 2 aromatic carbocycles. The van der Waals surface area contributed by atoms with Gasteiger partial charge in [0.05, 0.1) is 31.9 Å². The van der Waals surface area contributed by atoms with E-state index in [0.717, 1.165) is 0 Å². The lowest BCUT2D eigenvalue weighted by atomic mass is 10.1. The van der Waals surface area contributed by atoms with Crippen molar-refractivity contribution in [3.8, 4) is 11.5 Å². The Morgan fingerprint density at radius 3 is 2.43 bits per heavy atom. The average Bonchev–Trinajstić information content (AvgIpc) is 2.54. The number of rotatable bonds is 6. The number of methoxy groups -OCH3 is 2. The molecule has 3 N–H and O–H groups in total. The van der Waals surface area contributed by atoms with Crippen LogP contribution >= 0.6 is 0 Å². The number of carbonyl (C=O) groups is 2. The third-order valence-corrected chi connectivity index (χ3v) is 3.23. The summed E-state index contributed by atoms with van der Waals surface area (Å²) in [5.41, 5.74) is 6.97. The van der Waals surface area contributed by atoms with E-state index in [9.17, 15) is 9.59 Å². The third kappa shape index (κ3) is 4.00. The summed E-state index contributed by atoms with van der Waals surface area (Å²) < 4.78 is 10.3. The van der Waals surface area contributed by atoms with Gasteiger partial charge in [0.1, 0.15) is 11.5 Å². The molecule has 2 aromatic rings. The molecule has 0 fully saturated rings. The van der Waals surface area contributed by atoms with Gasteiger partial charge in [-0.25, -0.2) is 0 Å². The standard InChI is InChI=1S/C17H18N2O4/c1-22-15-6-4-3-5-12(15)14(20)10-17(21)19-13-9-11(18)7-8-16(13)23-2/h3-9H,10,18H2,1-2H3,(H,19,21). The zero-order valence-corrected chi connectivity index (χ0v) is 13.0. The Bertz CT molecular complexity index is 728. The van der Waals surface area contributed by atoms with Crippen molar-refractivity contribution in [2.75, 3.05) is 25.3 Å². The maximum Gasteiger partial charge on any atom is 0.232 e. The van der Waals surface area contributed by atoms with Crippen LogP contribution in [0.25, 0.3) is 0 Å². The number of para-hydroxylation sites is 1. The summed E-state index contributed by atoms with van der Waals surface area (Å²) in [4.78, 5) is 24.4. The summed E-state index contributed by atoms with van der Waals surface area (Å²) in [6.07, 6.45) is -0.307. The lowest BCUT2D eigenvalue weighted by molar-refractivity contribution is -0.115. The number of hydrogen-bond donors (Lipinski definition) is 2. The number of benzene rings is 2. The number of nitrogens with two attached hydrogens (primary N) is 1. The minimum absolute atomic E-state index is 0.307. The van der Waals surface area contributed by atoms with Crippen LogP contribution in [0.3, 0.4) is 0 Å². The molecule has 0 aliphatic rings. The highest BCUT2D eigenvalue weighted by atomic mass is 16.5. The first-order valence-corrected chi connectivity index (χ1v) is 6.94. The van der Waals surface area contributed by atoms with Gasteiger partial charge >= 0.3 is 0 Å². The number of hydrogen-bond acceptors (Lipinski definition) is 5.